The Hall–Kier alpha value is -4.12. The molecule has 5 heterocycles. The van der Waals surface area contributed by atoms with Gasteiger partial charge in [0.2, 0.25) is 11.5 Å². The lowest BCUT2D eigenvalue weighted by Crippen LogP contribution is -2.35. The van der Waals surface area contributed by atoms with E-state index in [1.165, 1.54) is 4.90 Å². The van der Waals surface area contributed by atoms with Crippen LogP contribution in [-0.2, 0) is 10.4 Å². The van der Waals surface area contributed by atoms with Crippen LogP contribution in [0.2, 0.25) is 0 Å². The summed E-state index contributed by atoms with van der Waals surface area (Å²) in [5, 5.41) is 22.1. The van der Waals surface area contributed by atoms with Crippen LogP contribution < -0.4 is 5.32 Å². The summed E-state index contributed by atoms with van der Waals surface area (Å²) < 4.78 is 10.5. The van der Waals surface area contributed by atoms with Gasteiger partial charge in [-0.3, -0.25) is 4.79 Å². The number of carbonyl (C=O) groups excluding carboxylic acids is 1. The van der Waals surface area contributed by atoms with Crippen molar-refractivity contribution >= 4 is 11.9 Å². The SMILES string of the molecule is Cc1cc(C(C)Nc2nccc(-c3cccc(-c4cc(C5(O)CCN(C)C5=O)on4)n3)n2)no1. The highest BCUT2D eigenvalue weighted by Crippen LogP contribution is 2.34. The number of amides is 1. The molecular formula is C23H23N7O4. The van der Waals surface area contributed by atoms with E-state index in [2.05, 4.69) is 30.6 Å². The molecule has 1 fully saturated rings. The summed E-state index contributed by atoms with van der Waals surface area (Å²) in [6, 6.07) is 10.4. The first kappa shape index (κ1) is 21.7. The van der Waals surface area contributed by atoms with Crippen LogP contribution in [0.4, 0.5) is 5.95 Å². The van der Waals surface area contributed by atoms with Crippen molar-refractivity contribution in [3.05, 3.63) is 59.8 Å². The van der Waals surface area contributed by atoms with E-state index in [9.17, 15) is 9.90 Å². The maximum atomic E-state index is 12.4. The first-order chi connectivity index (χ1) is 16.3. The van der Waals surface area contributed by atoms with Gasteiger partial charge in [0.15, 0.2) is 5.76 Å². The van der Waals surface area contributed by atoms with E-state index in [-0.39, 0.29) is 18.2 Å². The van der Waals surface area contributed by atoms with E-state index in [0.29, 0.717) is 35.3 Å². The van der Waals surface area contributed by atoms with Gasteiger partial charge in [0, 0.05) is 38.3 Å². The highest BCUT2D eigenvalue weighted by atomic mass is 16.5. The molecule has 11 heteroatoms. The molecule has 0 saturated carbocycles. The Balaban J connectivity index is 1.38. The number of nitrogens with one attached hydrogen (secondary N) is 1. The van der Waals surface area contributed by atoms with Crippen LogP contribution in [0.5, 0.6) is 0 Å². The molecule has 1 aliphatic rings. The molecule has 2 unspecified atom stereocenters. The fourth-order valence-corrected chi connectivity index (χ4v) is 3.82. The highest BCUT2D eigenvalue weighted by Gasteiger charge is 2.48. The zero-order chi connectivity index (χ0) is 23.9. The van der Waals surface area contributed by atoms with E-state index < -0.39 is 11.5 Å². The molecule has 5 rings (SSSR count). The van der Waals surface area contributed by atoms with Gasteiger partial charge >= 0.3 is 0 Å². The molecule has 0 aromatic carbocycles. The second kappa shape index (κ2) is 8.34. The Morgan fingerprint density at radius 1 is 1.09 bits per heavy atom. The number of hydrogen-bond donors (Lipinski definition) is 2. The van der Waals surface area contributed by atoms with Crippen molar-refractivity contribution in [2.45, 2.75) is 31.9 Å². The summed E-state index contributed by atoms with van der Waals surface area (Å²) in [6.07, 6.45) is 1.89. The minimum Gasteiger partial charge on any atom is -0.373 e. The van der Waals surface area contributed by atoms with Crippen molar-refractivity contribution in [2.75, 3.05) is 18.9 Å². The number of rotatable bonds is 6. The number of anilines is 1. The average Bonchev–Trinajstić information content (AvgIpc) is 3.57. The smallest absolute Gasteiger partial charge is 0.262 e. The molecule has 174 valence electrons. The third-order valence-corrected chi connectivity index (χ3v) is 5.79. The van der Waals surface area contributed by atoms with Crippen molar-refractivity contribution in [1.29, 1.82) is 0 Å². The van der Waals surface area contributed by atoms with Crippen molar-refractivity contribution in [2.24, 2.45) is 0 Å². The fourth-order valence-electron chi connectivity index (χ4n) is 3.82. The molecule has 34 heavy (non-hydrogen) atoms. The van der Waals surface area contributed by atoms with Crippen LogP contribution in [0.1, 0.15) is 36.6 Å². The molecule has 1 amide bonds. The summed E-state index contributed by atoms with van der Waals surface area (Å²) in [7, 11) is 1.64. The Labute approximate surface area is 194 Å². The second-order valence-electron chi connectivity index (χ2n) is 8.32. The van der Waals surface area contributed by atoms with Gasteiger partial charge in [0.1, 0.15) is 17.1 Å². The van der Waals surface area contributed by atoms with Gasteiger partial charge in [-0.25, -0.2) is 15.0 Å². The Morgan fingerprint density at radius 3 is 2.56 bits per heavy atom. The normalized spacial score (nSPS) is 18.9. The van der Waals surface area contributed by atoms with Gasteiger partial charge in [-0.05, 0) is 32.0 Å². The molecule has 1 saturated heterocycles. The number of aliphatic hydroxyl groups is 1. The second-order valence-corrected chi connectivity index (χ2v) is 8.32. The summed E-state index contributed by atoms with van der Waals surface area (Å²) in [5.74, 6) is 0.849. The fraction of sp³-hybridized carbons (Fsp3) is 0.304. The van der Waals surface area contributed by atoms with Gasteiger partial charge in [-0.1, -0.05) is 16.4 Å². The number of likely N-dealkylation sites (N-methyl/N-ethyl adjacent to an activating group) is 1. The minimum absolute atomic E-state index is 0.106. The third kappa shape index (κ3) is 3.90. The predicted octanol–water partition coefficient (Wildman–Crippen LogP) is 2.71. The molecule has 2 N–H and O–H groups in total. The molecule has 0 spiro atoms. The van der Waals surface area contributed by atoms with E-state index in [4.69, 9.17) is 9.05 Å². The molecule has 2 atom stereocenters. The molecule has 0 bridgehead atoms. The molecule has 11 nitrogen and oxygen atoms in total. The van der Waals surface area contributed by atoms with E-state index in [0.717, 1.165) is 11.5 Å². The summed E-state index contributed by atoms with van der Waals surface area (Å²) >= 11 is 0. The van der Waals surface area contributed by atoms with Crippen LogP contribution in [0.3, 0.4) is 0 Å². The van der Waals surface area contributed by atoms with Crippen LogP contribution >= 0.6 is 0 Å². The van der Waals surface area contributed by atoms with Crippen molar-refractivity contribution in [3.8, 4) is 22.8 Å². The van der Waals surface area contributed by atoms with Crippen LogP contribution in [0.15, 0.2) is 51.6 Å². The number of aromatic nitrogens is 5. The van der Waals surface area contributed by atoms with Crippen molar-refractivity contribution < 1.29 is 18.9 Å². The minimum atomic E-state index is -1.70. The summed E-state index contributed by atoms with van der Waals surface area (Å²) in [6.45, 7) is 4.22. The third-order valence-electron chi connectivity index (χ3n) is 5.79. The Kier molecular flexibility index (Phi) is 5.33. The van der Waals surface area contributed by atoms with E-state index in [1.807, 2.05) is 32.0 Å². The van der Waals surface area contributed by atoms with Crippen molar-refractivity contribution in [3.63, 3.8) is 0 Å². The largest absolute Gasteiger partial charge is 0.373 e. The number of pyridine rings is 1. The monoisotopic (exact) mass is 461 g/mol. The van der Waals surface area contributed by atoms with Gasteiger partial charge in [-0.2, -0.15) is 0 Å². The first-order valence-electron chi connectivity index (χ1n) is 10.8. The molecule has 0 radical (unpaired) electrons. The van der Waals surface area contributed by atoms with Gasteiger partial charge < -0.3 is 24.4 Å². The Bertz CT molecular complexity index is 1350. The van der Waals surface area contributed by atoms with Crippen LogP contribution in [-0.4, -0.2) is 54.8 Å². The summed E-state index contributed by atoms with van der Waals surface area (Å²) in [4.78, 5) is 27.3. The standard InChI is InChI=1S/C23H23N7O4/c1-13-11-18(28-33-13)14(2)25-22-24-9-7-17(27-22)15-5-4-6-16(26-15)19-12-20(34-29-19)23(32)8-10-30(3)21(23)31/h4-7,9,11-12,14,32H,8,10H2,1-3H3,(H,24,25,27). The van der Waals surface area contributed by atoms with Crippen LogP contribution in [0, 0.1) is 6.92 Å². The average molecular weight is 461 g/mol. The highest BCUT2D eigenvalue weighted by molar-refractivity contribution is 5.87. The Morgan fingerprint density at radius 2 is 1.85 bits per heavy atom. The molecule has 0 aliphatic carbocycles. The predicted molar refractivity (Wildman–Crippen MR) is 120 cm³/mol. The number of nitrogens with zero attached hydrogens (tertiary/aromatic N) is 6. The van der Waals surface area contributed by atoms with E-state index in [1.54, 1.807) is 31.4 Å². The maximum absolute atomic E-state index is 12.4. The maximum Gasteiger partial charge on any atom is 0.262 e. The number of aryl methyl sites for hydroxylation is 1. The first-order valence-corrected chi connectivity index (χ1v) is 10.8. The molecular weight excluding hydrogens is 438 g/mol. The van der Waals surface area contributed by atoms with E-state index >= 15 is 0 Å². The lowest BCUT2D eigenvalue weighted by molar-refractivity contribution is -0.144. The number of likely N-dealkylation sites (tertiary alicyclic amines) is 1. The molecule has 1 aliphatic heterocycles. The number of carbonyl (C=O) groups is 1. The molecule has 4 aromatic rings. The van der Waals surface area contributed by atoms with Gasteiger partial charge in [-0.15, -0.1) is 0 Å². The zero-order valence-electron chi connectivity index (χ0n) is 18.9. The zero-order valence-corrected chi connectivity index (χ0v) is 18.9. The summed E-state index contributed by atoms with van der Waals surface area (Å²) in [5.41, 5.74) is 1.20. The van der Waals surface area contributed by atoms with Gasteiger partial charge in [0.25, 0.3) is 5.91 Å². The lowest BCUT2D eigenvalue weighted by atomic mass is 9.98. The van der Waals surface area contributed by atoms with Crippen LogP contribution in [0.25, 0.3) is 22.8 Å². The quantitative estimate of drug-likeness (QED) is 0.440. The lowest BCUT2D eigenvalue weighted by Gasteiger charge is -2.16. The molecule has 4 aromatic heterocycles. The van der Waals surface area contributed by atoms with Crippen molar-refractivity contribution in [1.82, 2.24) is 30.2 Å². The van der Waals surface area contributed by atoms with Gasteiger partial charge in [0.05, 0.1) is 23.1 Å². The topological polar surface area (TPSA) is 143 Å². The number of hydrogen-bond acceptors (Lipinski definition) is 10.